The van der Waals surface area contributed by atoms with Gasteiger partial charge in [-0.15, -0.1) is 0 Å². The SMILES string of the molecule is Cn1nc(C2CCC2)cc1NC(=O)C1(N)CC1. The molecule has 0 spiro atoms. The Morgan fingerprint density at radius 1 is 1.59 bits per heavy atom. The Morgan fingerprint density at radius 3 is 2.82 bits per heavy atom. The first-order valence-electron chi connectivity index (χ1n) is 6.23. The fraction of sp³-hybridized carbons (Fsp3) is 0.667. The molecule has 1 aromatic heterocycles. The van der Waals surface area contributed by atoms with E-state index in [2.05, 4.69) is 10.4 Å². The summed E-state index contributed by atoms with van der Waals surface area (Å²) in [5.41, 5.74) is 6.32. The zero-order chi connectivity index (χ0) is 12.0. The summed E-state index contributed by atoms with van der Waals surface area (Å²) in [6.45, 7) is 0. The van der Waals surface area contributed by atoms with Crippen LogP contribution in [0.4, 0.5) is 5.82 Å². The van der Waals surface area contributed by atoms with E-state index >= 15 is 0 Å². The van der Waals surface area contributed by atoms with E-state index < -0.39 is 5.54 Å². The molecule has 92 valence electrons. The number of rotatable bonds is 3. The Hall–Kier alpha value is -1.36. The van der Waals surface area contributed by atoms with E-state index in [1.165, 1.54) is 19.3 Å². The highest BCUT2D eigenvalue weighted by atomic mass is 16.2. The molecule has 0 unspecified atom stereocenters. The molecule has 0 atom stereocenters. The van der Waals surface area contributed by atoms with Crippen LogP contribution in [0.25, 0.3) is 0 Å². The number of nitrogens with one attached hydrogen (secondary N) is 1. The Bertz CT molecular complexity index is 457. The predicted octanol–water partition coefficient (Wildman–Crippen LogP) is 1.12. The number of aromatic nitrogens is 2. The van der Waals surface area contributed by atoms with Gasteiger partial charge in [-0.3, -0.25) is 9.48 Å². The number of nitrogens with two attached hydrogens (primary N) is 1. The van der Waals surface area contributed by atoms with Gasteiger partial charge < -0.3 is 11.1 Å². The molecule has 2 saturated carbocycles. The number of amides is 1. The number of hydrogen-bond donors (Lipinski definition) is 2. The molecule has 1 amide bonds. The fourth-order valence-electron chi connectivity index (χ4n) is 2.11. The van der Waals surface area contributed by atoms with Gasteiger partial charge in [-0.05, 0) is 25.7 Å². The van der Waals surface area contributed by atoms with Gasteiger partial charge in [-0.1, -0.05) is 6.42 Å². The first-order chi connectivity index (χ1) is 8.08. The van der Waals surface area contributed by atoms with Crippen LogP contribution < -0.4 is 11.1 Å². The highest BCUT2D eigenvalue weighted by Crippen LogP contribution is 2.37. The second-order valence-electron chi connectivity index (χ2n) is 5.32. The molecular weight excluding hydrogens is 216 g/mol. The van der Waals surface area contributed by atoms with Crippen LogP contribution in [-0.4, -0.2) is 21.2 Å². The summed E-state index contributed by atoms with van der Waals surface area (Å²) >= 11 is 0. The van der Waals surface area contributed by atoms with Crippen LogP contribution in [0.5, 0.6) is 0 Å². The summed E-state index contributed by atoms with van der Waals surface area (Å²) in [7, 11) is 1.86. The summed E-state index contributed by atoms with van der Waals surface area (Å²) in [6.07, 6.45) is 5.28. The van der Waals surface area contributed by atoms with Gasteiger partial charge in [-0.2, -0.15) is 5.10 Å². The van der Waals surface area contributed by atoms with Crippen molar-refractivity contribution in [2.45, 2.75) is 43.6 Å². The molecule has 1 heterocycles. The van der Waals surface area contributed by atoms with E-state index in [9.17, 15) is 4.79 Å². The maximum atomic E-state index is 11.8. The predicted molar refractivity (Wildman–Crippen MR) is 64.6 cm³/mol. The Kier molecular flexibility index (Phi) is 2.26. The van der Waals surface area contributed by atoms with Gasteiger partial charge in [0.1, 0.15) is 5.82 Å². The second-order valence-corrected chi connectivity index (χ2v) is 5.32. The second kappa shape index (κ2) is 3.57. The van der Waals surface area contributed by atoms with Gasteiger partial charge in [0.05, 0.1) is 11.2 Å². The third kappa shape index (κ3) is 1.84. The first kappa shape index (κ1) is 10.8. The fourth-order valence-corrected chi connectivity index (χ4v) is 2.11. The summed E-state index contributed by atoms with van der Waals surface area (Å²) in [5.74, 6) is 1.26. The molecule has 0 aromatic carbocycles. The van der Waals surface area contributed by atoms with Crippen molar-refractivity contribution in [3.8, 4) is 0 Å². The smallest absolute Gasteiger partial charge is 0.245 e. The maximum Gasteiger partial charge on any atom is 0.245 e. The lowest BCUT2D eigenvalue weighted by Gasteiger charge is -2.22. The van der Waals surface area contributed by atoms with Crippen molar-refractivity contribution in [1.82, 2.24) is 9.78 Å². The van der Waals surface area contributed by atoms with Gasteiger partial charge in [0.15, 0.2) is 0 Å². The zero-order valence-electron chi connectivity index (χ0n) is 10.1. The number of anilines is 1. The molecule has 2 fully saturated rings. The normalized spacial score (nSPS) is 22.0. The van der Waals surface area contributed by atoms with Gasteiger partial charge in [-0.25, -0.2) is 0 Å². The molecule has 1 aromatic rings. The van der Waals surface area contributed by atoms with Crippen molar-refractivity contribution < 1.29 is 4.79 Å². The van der Waals surface area contributed by atoms with Crippen LogP contribution in [-0.2, 0) is 11.8 Å². The largest absolute Gasteiger partial charge is 0.317 e. The van der Waals surface area contributed by atoms with Crippen LogP contribution in [0.15, 0.2) is 6.07 Å². The number of aryl methyl sites for hydroxylation is 1. The molecule has 0 aliphatic heterocycles. The lowest BCUT2D eigenvalue weighted by molar-refractivity contribution is -0.118. The Morgan fingerprint density at radius 2 is 2.29 bits per heavy atom. The average Bonchev–Trinajstić information content (AvgIpc) is 2.85. The minimum absolute atomic E-state index is 0.0827. The van der Waals surface area contributed by atoms with E-state index in [0.29, 0.717) is 5.92 Å². The van der Waals surface area contributed by atoms with Crippen LogP contribution in [0, 0.1) is 0 Å². The molecule has 0 bridgehead atoms. The molecule has 17 heavy (non-hydrogen) atoms. The van der Waals surface area contributed by atoms with Gasteiger partial charge in [0, 0.05) is 19.0 Å². The lowest BCUT2D eigenvalue weighted by Crippen LogP contribution is -2.38. The van der Waals surface area contributed by atoms with Gasteiger partial charge in [0.2, 0.25) is 5.91 Å². The molecule has 3 N–H and O–H groups in total. The van der Waals surface area contributed by atoms with Gasteiger partial charge in [0.25, 0.3) is 0 Å². The highest BCUT2D eigenvalue weighted by molar-refractivity contribution is 5.99. The van der Waals surface area contributed by atoms with Crippen molar-refractivity contribution in [3.63, 3.8) is 0 Å². The summed E-state index contributed by atoms with van der Waals surface area (Å²) < 4.78 is 1.73. The molecule has 5 heteroatoms. The van der Waals surface area contributed by atoms with Crippen molar-refractivity contribution >= 4 is 11.7 Å². The topological polar surface area (TPSA) is 72.9 Å². The third-order valence-electron chi connectivity index (χ3n) is 3.90. The van der Waals surface area contributed by atoms with E-state index in [-0.39, 0.29) is 5.91 Å². The van der Waals surface area contributed by atoms with Crippen LogP contribution in [0.2, 0.25) is 0 Å². The molecule has 2 aliphatic carbocycles. The van der Waals surface area contributed by atoms with E-state index in [1.54, 1.807) is 4.68 Å². The zero-order valence-corrected chi connectivity index (χ0v) is 10.1. The number of carbonyl (C=O) groups excluding carboxylic acids is 1. The quantitative estimate of drug-likeness (QED) is 0.823. The average molecular weight is 234 g/mol. The summed E-state index contributed by atoms with van der Waals surface area (Å²) in [4.78, 5) is 11.8. The minimum Gasteiger partial charge on any atom is -0.317 e. The van der Waals surface area contributed by atoms with E-state index in [4.69, 9.17) is 5.73 Å². The first-order valence-corrected chi connectivity index (χ1v) is 6.23. The van der Waals surface area contributed by atoms with E-state index in [0.717, 1.165) is 24.4 Å². The number of hydrogen-bond acceptors (Lipinski definition) is 3. The standard InChI is InChI=1S/C12H18N4O/c1-16-10(14-11(17)12(13)5-6-12)7-9(15-16)8-3-2-4-8/h7-8H,2-6,13H2,1H3,(H,14,17). The van der Waals surface area contributed by atoms with Crippen LogP contribution >= 0.6 is 0 Å². The number of carbonyl (C=O) groups is 1. The molecule has 2 aliphatic rings. The van der Waals surface area contributed by atoms with Crippen molar-refractivity contribution in [3.05, 3.63) is 11.8 Å². The summed E-state index contributed by atoms with van der Waals surface area (Å²) in [5, 5.41) is 7.32. The molecule has 3 rings (SSSR count). The van der Waals surface area contributed by atoms with Crippen molar-refractivity contribution in [2.24, 2.45) is 12.8 Å². The van der Waals surface area contributed by atoms with Crippen LogP contribution in [0.3, 0.4) is 0 Å². The molecule has 0 saturated heterocycles. The van der Waals surface area contributed by atoms with Crippen molar-refractivity contribution in [1.29, 1.82) is 0 Å². The number of nitrogens with zero attached hydrogens (tertiary/aromatic N) is 2. The van der Waals surface area contributed by atoms with Crippen molar-refractivity contribution in [2.75, 3.05) is 5.32 Å². The minimum atomic E-state index is -0.624. The third-order valence-corrected chi connectivity index (χ3v) is 3.90. The van der Waals surface area contributed by atoms with Gasteiger partial charge >= 0.3 is 0 Å². The highest BCUT2D eigenvalue weighted by Gasteiger charge is 2.46. The monoisotopic (exact) mass is 234 g/mol. The Balaban J connectivity index is 1.73. The lowest BCUT2D eigenvalue weighted by atomic mass is 9.83. The van der Waals surface area contributed by atoms with Crippen LogP contribution in [0.1, 0.15) is 43.7 Å². The molecule has 0 radical (unpaired) electrons. The Labute approximate surface area is 100 Å². The molecular formula is C12H18N4O. The summed E-state index contributed by atoms with van der Waals surface area (Å²) in [6, 6.07) is 1.98. The van der Waals surface area contributed by atoms with E-state index in [1.807, 2.05) is 13.1 Å². The molecule has 5 nitrogen and oxygen atoms in total. The maximum absolute atomic E-state index is 11.8.